The quantitative estimate of drug-likeness (QED) is 0.742. The number of ether oxygens (including phenoxy) is 2. The molecule has 0 aliphatic heterocycles. The number of aryl methyl sites for hydroxylation is 3. The number of para-hydroxylation sites is 1. The molecule has 0 saturated carbocycles. The van der Waals surface area contributed by atoms with Gasteiger partial charge < -0.3 is 14.8 Å². The maximum atomic E-state index is 12.2. The lowest BCUT2D eigenvalue weighted by Crippen LogP contribution is -2.36. The molecule has 2 aromatic carbocycles. The number of rotatable bonds is 8. The monoisotopic (exact) mass is 341 g/mol. The summed E-state index contributed by atoms with van der Waals surface area (Å²) in [4.78, 5) is 12.2. The summed E-state index contributed by atoms with van der Waals surface area (Å²) in [6.45, 7) is 6.46. The van der Waals surface area contributed by atoms with Crippen molar-refractivity contribution in [2.75, 3.05) is 13.7 Å². The number of methoxy groups -OCH3 is 1. The molecule has 1 amide bonds. The van der Waals surface area contributed by atoms with E-state index in [-0.39, 0.29) is 5.91 Å². The van der Waals surface area contributed by atoms with Gasteiger partial charge in [-0.15, -0.1) is 0 Å². The van der Waals surface area contributed by atoms with E-state index in [1.807, 2.05) is 49.4 Å². The fourth-order valence-electron chi connectivity index (χ4n) is 2.59. The van der Waals surface area contributed by atoms with Crippen molar-refractivity contribution in [3.8, 4) is 11.5 Å². The van der Waals surface area contributed by atoms with Gasteiger partial charge in [0, 0.05) is 6.54 Å². The van der Waals surface area contributed by atoms with Gasteiger partial charge in [-0.3, -0.25) is 4.79 Å². The molecule has 2 rings (SSSR count). The van der Waals surface area contributed by atoms with Crippen molar-refractivity contribution in [1.29, 1.82) is 0 Å². The molecule has 0 radical (unpaired) electrons. The largest absolute Gasteiger partial charge is 0.496 e. The van der Waals surface area contributed by atoms with Crippen LogP contribution in [0.4, 0.5) is 0 Å². The van der Waals surface area contributed by atoms with Gasteiger partial charge in [-0.2, -0.15) is 0 Å². The first-order chi connectivity index (χ1) is 12.0. The maximum Gasteiger partial charge on any atom is 0.260 e. The Morgan fingerprint density at radius 3 is 2.60 bits per heavy atom. The summed E-state index contributed by atoms with van der Waals surface area (Å²) in [7, 11) is 1.67. The van der Waals surface area contributed by atoms with Crippen LogP contribution in [0.3, 0.4) is 0 Å². The fourth-order valence-corrected chi connectivity index (χ4v) is 2.59. The van der Waals surface area contributed by atoms with Gasteiger partial charge in [-0.1, -0.05) is 24.3 Å². The third-order valence-electron chi connectivity index (χ3n) is 4.28. The number of carbonyl (C=O) groups is 1. The van der Waals surface area contributed by atoms with Crippen LogP contribution >= 0.6 is 0 Å². The first-order valence-electron chi connectivity index (χ1n) is 8.64. The molecule has 0 fully saturated rings. The summed E-state index contributed by atoms with van der Waals surface area (Å²) in [5.74, 6) is 1.51. The van der Waals surface area contributed by atoms with Crippen LogP contribution in [-0.4, -0.2) is 25.7 Å². The molecule has 4 nitrogen and oxygen atoms in total. The van der Waals surface area contributed by atoms with E-state index in [4.69, 9.17) is 9.47 Å². The standard InChI is InChI=1S/C21H27NO3/c1-15-11-12-19(14-16(15)2)25-17(3)21(23)22-13-7-9-18-8-5-6-10-20(18)24-4/h5-6,8,10-12,14,17H,7,9,13H2,1-4H3,(H,22,23)/t17-/m0/s1. The molecule has 0 aliphatic rings. The number of carbonyl (C=O) groups excluding carboxylic acids is 1. The fraction of sp³-hybridized carbons (Fsp3) is 0.381. The van der Waals surface area contributed by atoms with Crippen LogP contribution < -0.4 is 14.8 Å². The molecular formula is C21H27NO3. The average molecular weight is 341 g/mol. The van der Waals surface area contributed by atoms with Gasteiger partial charge in [-0.05, 0) is 68.5 Å². The summed E-state index contributed by atoms with van der Waals surface area (Å²) in [5, 5.41) is 2.93. The Morgan fingerprint density at radius 1 is 1.12 bits per heavy atom. The van der Waals surface area contributed by atoms with Crippen LogP contribution in [0.1, 0.15) is 30.0 Å². The second-order valence-corrected chi connectivity index (χ2v) is 6.21. The first-order valence-corrected chi connectivity index (χ1v) is 8.64. The minimum Gasteiger partial charge on any atom is -0.496 e. The van der Waals surface area contributed by atoms with E-state index < -0.39 is 6.10 Å². The van der Waals surface area contributed by atoms with E-state index in [9.17, 15) is 4.79 Å². The second kappa shape index (κ2) is 9.11. The lowest BCUT2D eigenvalue weighted by Gasteiger charge is -2.15. The molecule has 0 spiro atoms. The summed E-state index contributed by atoms with van der Waals surface area (Å²) in [5.41, 5.74) is 3.52. The summed E-state index contributed by atoms with van der Waals surface area (Å²) in [6.07, 6.45) is 1.19. The molecule has 1 N–H and O–H groups in total. The van der Waals surface area contributed by atoms with E-state index in [2.05, 4.69) is 12.2 Å². The van der Waals surface area contributed by atoms with Crippen LogP contribution in [-0.2, 0) is 11.2 Å². The van der Waals surface area contributed by atoms with E-state index >= 15 is 0 Å². The van der Waals surface area contributed by atoms with Crippen molar-refractivity contribution in [2.24, 2.45) is 0 Å². The van der Waals surface area contributed by atoms with Crippen LogP contribution in [0.15, 0.2) is 42.5 Å². The Balaban J connectivity index is 1.76. The molecule has 4 heteroatoms. The van der Waals surface area contributed by atoms with E-state index in [1.165, 1.54) is 5.56 Å². The van der Waals surface area contributed by atoms with Crippen LogP contribution in [0, 0.1) is 13.8 Å². The van der Waals surface area contributed by atoms with Gasteiger partial charge in [-0.25, -0.2) is 0 Å². The molecule has 0 unspecified atom stereocenters. The number of benzene rings is 2. The number of hydrogen-bond donors (Lipinski definition) is 1. The molecule has 0 aliphatic carbocycles. The van der Waals surface area contributed by atoms with Gasteiger partial charge >= 0.3 is 0 Å². The average Bonchev–Trinajstić information content (AvgIpc) is 2.62. The van der Waals surface area contributed by atoms with Gasteiger partial charge in [0.25, 0.3) is 5.91 Å². The van der Waals surface area contributed by atoms with Crippen molar-refractivity contribution < 1.29 is 14.3 Å². The zero-order chi connectivity index (χ0) is 18.2. The minimum absolute atomic E-state index is 0.0988. The van der Waals surface area contributed by atoms with E-state index in [0.29, 0.717) is 6.54 Å². The number of hydrogen-bond acceptors (Lipinski definition) is 3. The third kappa shape index (κ3) is 5.52. The molecule has 2 aromatic rings. The van der Waals surface area contributed by atoms with Crippen molar-refractivity contribution in [3.63, 3.8) is 0 Å². The first kappa shape index (κ1) is 18.8. The Morgan fingerprint density at radius 2 is 1.88 bits per heavy atom. The molecule has 134 valence electrons. The smallest absolute Gasteiger partial charge is 0.260 e. The van der Waals surface area contributed by atoms with Crippen LogP contribution in [0.2, 0.25) is 0 Å². The van der Waals surface area contributed by atoms with Crippen LogP contribution in [0.25, 0.3) is 0 Å². The predicted molar refractivity (Wildman–Crippen MR) is 100 cm³/mol. The SMILES string of the molecule is COc1ccccc1CCCNC(=O)[C@H](C)Oc1ccc(C)c(C)c1. The Bertz CT molecular complexity index is 712. The summed E-state index contributed by atoms with van der Waals surface area (Å²) < 4.78 is 11.1. The maximum absolute atomic E-state index is 12.2. The van der Waals surface area contributed by atoms with Crippen molar-refractivity contribution >= 4 is 5.91 Å². The van der Waals surface area contributed by atoms with Crippen molar-refractivity contribution in [2.45, 2.75) is 39.7 Å². The normalized spacial score (nSPS) is 11.7. The molecular weight excluding hydrogens is 314 g/mol. The minimum atomic E-state index is -0.520. The van der Waals surface area contributed by atoms with Gasteiger partial charge in [0.2, 0.25) is 0 Å². The van der Waals surface area contributed by atoms with Gasteiger partial charge in [0.15, 0.2) is 6.10 Å². The molecule has 25 heavy (non-hydrogen) atoms. The zero-order valence-corrected chi connectivity index (χ0v) is 15.5. The summed E-state index contributed by atoms with van der Waals surface area (Å²) >= 11 is 0. The highest BCUT2D eigenvalue weighted by Gasteiger charge is 2.14. The Hall–Kier alpha value is -2.49. The lowest BCUT2D eigenvalue weighted by atomic mass is 10.1. The third-order valence-corrected chi connectivity index (χ3v) is 4.28. The van der Waals surface area contributed by atoms with Crippen molar-refractivity contribution in [1.82, 2.24) is 5.32 Å². The molecule has 0 aromatic heterocycles. The lowest BCUT2D eigenvalue weighted by molar-refractivity contribution is -0.127. The highest BCUT2D eigenvalue weighted by atomic mass is 16.5. The highest BCUT2D eigenvalue weighted by molar-refractivity contribution is 5.80. The zero-order valence-electron chi connectivity index (χ0n) is 15.5. The molecule has 0 bridgehead atoms. The Kier molecular flexibility index (Phi) is 6.87. The van der Waals surface area contributed by atoms with Crippen molar-refractivity contribution in [3.05, 3.63) is 59.2 Å². The topological polar surface area (TPSA) is 47.6 Å². The molecule has 0 saturated heterocycles. The predicted octanol–water partition coefficient (Wildman–Crippen LogP) is 3.83. The number of nitrogens with one attached hydrogen (secondary N) is 1. The van der Waals surface area contributed by atoms with Gasteiger partial charge in [0.05, 0.1) is 7.11 Å². The molecule has 0 heterocycles. The number of amides is 1. The van der Waals surface area contributed by atoms with Gasteiger partial charge in [0.1, 0.15) is 11.5 Å². The second-order valence-electron chi connectivity index (χ2n) is 6.21. The van der Waals surface area contributed by atoms with Crippen LogP contribution in [0.5, 0.6) is 11.5 Å². The summed E-state index contributed by atoms with van der Waals surface area (Å²) in [6, 6.07) is 13.8. The highest BCUT2D eigenvalue weighted by Crippen LogP contribution is 2.19. The molecule has 1 atom stereocenters. The van der Waals surface area contributed by atoms with E-state index in [1.54, 1.807) is 14.0 Å². The van der Waals surface area contributed by atoms with E-state index in [0.717, 1.165) is 35.5 Å². The Labute approximate surface area is 150 Å².